The molecule has 20 heavy (non-hydrogen) atoms. The minimum atomic E-state index is -0.294. The van der Waals surface area contributed by atoms with Gasteiger partial charge in [-0.15, -0.1) is 0 Å². The van der Waals surface area contributed by atoms with Crippen molar-refractivity contribution >= 4 is 49.1 Å². The summed E-state index contributed by atoms with van der Waals surface area (Å²) < 4.78 is 15.0. The molecule has 0 saturated carbocycles. The van der Waals surface area contributed by atoms with Crippen LogP contribution in [0.15, 0.2) is 45.3 Å². The fraction of sp³-hybridized carbons (Fsp3) is 0.143. The Labute approximate surface area is 138 Å². The topological polar surface area (TPSA) is 38.0 Å². The van der Waals surface area contributed by atoms with Gasteiger partial charge < -0.3 is 11.1 Å². The van der Waals surface area contributed by atoms with E-state index in [0.717, 1.165) is 20.2 Å². The van der Waals surface area contributed by atoms with Gasteiger partial charge in [0.15, 0.2) is 0 Å². The Balaban J connectivity index is 2.28. The highest BCUT2D eigenvalue weighted by Gasteiger charge is 2.14. The molecule has 0 aliphatic carbocycles. The SMILES string of the molecule is NCC(Nc1ccc(Br)c(Cl)c1)c1cc(F)ccc1Br. The lowest BCUT2D eigenvalue weighted by atomic mass is 10.1. The summed E-state index contributed by atoms with van der Waals surface area (Å²) >= 11 is 12.8. The predicted molar refractivity (Wildman–Crippen MR) is 88.7 cm³/mol. The Hall–Kier alpha value is -0.620. The molecule has 1 unspecified atom stereocenters. The van der Waals surface area contributed by atoms with E-state index in [1.165, 1.54) is 12.1 Å². The quantitative estimate of drug-likeness (QED) is 0.718. The summed E-state index contributed by atoms with van der Waals surface area (Å²) in [6, 6.07) is 9.85. The summed E-state index contributed by atoms with van der Waals surface area (Å²) in [6.45, 7) is 0.329. The van der Waals surface area contributed by atoms with Crippen molar-refractivity contribution in [3.63, 3.8) is 0 Å². The van der Waals surface area contributed by atoms with E-state index in [9.17, 15) is 4.39 Å². The molecular weight excluding hydrogens is 410 g/mol. The summed E-state index contributed by atoms with van der Waals surface area (Å²) in [6.07, 6.45) is 0. The molecule has 2 aromatic rings. The van der Waals surface area contributed by atoms with Crippen LogP contribution in [0.25, 0.3) is 0 Å². The molecule has 0 radical (unpaired) electrons. The lowest BCUT2D eigenvalue weighted by Gasteiger charge is -2.20. The van der Waals surface area contributed by atoms with Crippen molar-refractivity contribution < 1.29 is 4.39 Å². The molecule has 0 spiro atoms. The molecule has 0 aromatic heterocycles. The zero-order chi connectivity index (χ0) is 14.7. The Kier molecular flexibility index (Phi) is 5.43. The highest BCUT2D eigenvalue weighted by Crippen LogP contribution is 2.30. The van der Waals surface area contributed by atoms with Crippen LogP contribution >= 0.6 is 43.5 Å². The van der Waals surface area contributed by atoms with E-state index in [1.54, 1.807) is 12.1 Å². The monoisotopic (exact) mass is 420 g/mol. The Morgan fingerprint density at radius 3 is 2.50 bits per heavy atom. The first-order valence-electron chi connectivity index (χ1n) is 5.88. The van der Waals surface area contributed by atoms with E-state index >= 15 is 0 Å². The molecule has 2 nitrogen and oxygen atoms in total. The molecule has 0 heterocycles. The minimum Gasteiger partial charge on any atom is -0.377 e. The molecule has 6 heteroatoms. The fourth-order valence-corrected chi connectivity index (χ4v) is 2.78. The molecule has 0 bridgehead atoms. The molecule has 0 amide bonds. The number of halogens is 4. The van der Waals surface area contributed by atoms with Gasteiger partial charge in [-0.25, -0.2) is 4.39 Å². The number of nitrogens with one attached hydrogen (secondary N) is 1. The summed E-state index contributed by atoms with van der Waals surface area (Å²) in [4.78, 5) is 0. The van der Waals surface area contributed by atoms with Gasteiger partial charge in [0, 0.05) is 21.2 Å². The average Bonchev–Trinajstić information content (AvgIpc) is 2.43. The third-order valence-corrected chi connectivity index (χ3v) is 4.78. The number of hydrogen-bond acceptors (Lipinski definition) is 2. The smallest absolute Gasteiger partial charge is 0.123 e. The second-order valence-electron chi connectivity index (χ2n) is 4.23. The van der Waals surface area contributed by atoms with Crippen molar-refractivity contribution in [3.05, 3.63) is 61.7 Å². The maximum absolute atomic E-state index is 13.4. The standard InChI is InChI=1S/C14H12Br2ClFN2/c15-11-3-1-8(18)5-10(11)14(7-19)20-9-2-4-12(16)13(17)6-9/h1-6,14,20H,7,19H2. The van der Waals surface area contributed by atoms with Crippen molar-refractivity contribution in [1.29, 1.82) is 0 Å². The lowest BCUT2D eigenvalue weighted by Crippen LogP contribution is -2.21. The number of nitrogens with two attached hydrogens (primary N) is 1. The summed E-state index contributed by atoms with van der Waals surface area (Å²) in [7, 11) is 0. The van der Waals surface area contributed by atoms with Crippen LogP contribution in [0.3, 0.4) is 0 Å². The van der Waals surface area contributed by atoms with Crippen molar-refractivity contribution in [2.75, 3.05) is 11.9 Å². The normalized spacial score (nSPS) is 12.2. The van der Waals surface area contributed by atoms with Crippen LogP contribution < -0.4 is 11.1 Å². The number of benzene rings is 2. The second-order valence-corrected chi connectivity index (χ2v) is 6.34. The van der Waals surface area contributed by atoms with E-state index in [2.05, 4.69) is 37.2 Å². The van der Waals surface area contributed by atoms with Gasteiger partial charge in [0.1, 0.15) is 5.82 Å². The maximum atomic E-state index is 13.4. The molecule has 3 N–H and O–H groups in total. The number of rotatable bonds is 4. The van der Waals surface area contributed by atoms with Gasteiger partial charge in [0.25, 0.3) is 0 Å². The van der Waals surface area contributed by atoms with E-state index in [0.29, 0.717) is 11.6 Å². The van der Waals surface area contributed by atoms with E-state index in [-0.39, 0.29) is 11.9 Å². The van der Waals surface area contributed by atoms with Crippen LogP contribution in [0, 0.1) is 5.82 Å². The van der Waals surface area contributed by atoms with E-state index in [1.807, 2.05) is 12.1 Å². The third-order valence-electron chi connectivity index (χ3n) is 2.83. The van der Waals surface area contributed by atoms with Gasteiger partial charge in [-0.05, 0) is 57.9 Å². The molecule has 0 fully saturated rings. The van der Waals surface area contributed by atoms with Crippen molar-refractivity contribution in [3.8, 4) is 0 Å². The first-order chi connectivity index (χ1) is 9.51. The second kappa shape index (κ2) is 6.89. The van der Waals surface area contributed by atoms with Gasteiger partial charge in [-0.3, -0.25) is 0 Å². The Morgan fingerprint density at radius 1 is 1.15 bits per heavy atom. The van der Waals surface area contributed by atoms with Crippen LogP contribution in [-0.4, -0.2) is 6.54 Å². The van der Waals surface area contributed by atoms with Crippen molar-refractivity contribution in [1.82, 2.24) is 0 Å². The highest BCUT2D eigenvalue weighted by molar-refractivity contribution is 9.10. The van der Waals surface area contributed by atoms with Gasteiger partial charge in [0.2, 0.25) is 0 Å². The van der Waals surface area contributed by atoms with Crippen LogP contribution in [0.4, 0.5) is 10.1 Å². The summed E-state index contributed by atoms with van der Waals surface area (Å²) in [5.74, 6) is -0.294. The predicted octanol–water partition coefficient (Wildman–Crippen LogP) is 5.12. The maximum Gasteiger partial charge on any atom is 0.123 e. The third kappa shape index (κ3) is 3.73. The van der Waals surface area contributed by atoms with Gasteiger partial charge in [-0.2, -0.15) is 0 Å². The molecule has 0 aliphatic rings. The Morgan fingerprint density at radius 2 is 1.85 bits per heavy atom. The molecule has 0 aliphatic heterocycles. The van der Waals surface area contributed by atoms with Gasteiger partial charge in [-0.1, -0.05) is 27.5 Å². The fourth-order valence-electron chi connectivity index (χ4n) is 1.83. The molecular formula is C14H12Br2ClFN2. The molecule has 1 atom stereocenters. The molecule has 0 saturated heterocycles. The molecule has 106 valence electrons. The largest absolute Gasteiger partial charge is 0.377 e. The zero-order valence-corrected chi connectivity index (χ0v) is 14.3. The highest BCUT2D eigenvalue weighted by atomic mass is 79.9. The van der Waals surface area contributed by atoms with E-state index < -0.39 is 0 Å². The number of anilines is 1. The zero-order valence-electron chi connectivity index (χ0n) is 10.3. The summed E-state index contributed by atoms with van der Waals surface area (Å²) in [5.41, 5.74) is 7.39. The van der Waals surface area contributed by atoms with Gasteiger partial charge in [0.05, 0.1) is 11.1 Å². The minimum absolute atomic E-state index is 0.211. The Bertz CT molecular complexity index is 622. The molecule has 2 aromatic carbocycles. The first-order valence-corrected chi connectivity index (χ1v) is 7.84. The number of hydrogen-bond donors (Lipinski definition) is 2. The first kappa shape index (κ1) is 15.8. The van der Waals surface area contributed by atoms with Crippen LogP contribution in [0.2, 0.25) is 5.02 Å². The van der Waals surface area contributed by atoms with Crippen LogP contribution in [0.5, 0.6) is 0 Å². The summed E-state index contributed by atoms with van der Waals surface area (Å²) in [5, 5.41) is 3.86. The van der Waals surface area contributed by atoms with Crippen LogP contribution in [0.1, 0.15) is 11.6 Å². The van der Waals surface area contributed by atoms with Crippen LogP contribution in [-0.2, 0) is 0 Å². The molecule has 2 rings (SSSR count). The van der Waals surface area contributed by atoms with Crippen molar-refractivity contribution in [2.45, 2.75) is 6.04 Å². The lowest BCUT2D eigenvalue weighted by molar-refractivity contribution is 0.621. The van der Waals surface area contributed by atoms with Gasteiger partial charge >= 0.3 is 0 Å². The average molecular weight is 423 g/mol. The van der Waals surface area contributed by atoms with Crippen molar-refractivity contribution in [2.24, 2.45) is 5.73 Å². The van der Waals surface area contributed by atoms with E-state index in [4.69, 9.17) is 17.3 Å².